The molecule has 0 spiro atoms. The number of nitrogens with two attached hydrogens (primary N) is 2. The first kappa shape index (κ1) is 34.9. The minimum atomic E-state index is -0.0315. The zero-order chi connectivity index (χ0) is 33.9. The Labute approximate surface area is 295 Å². The topological polar surface area (TPSA) is 70.5 Å². The fourth-order valence-corrected chi connectivity index (χ4v) is 8.80. The van der Waals surface area contributed by atoms with Crippen molar-refractivity contribution in [3.05, 3.63) is 108 Å². The molecule has 0 atom stereocenters. The molecular formula is C45H58N2O2. The van der Waals surface area contributed by atoms with Crippen LogP contribution in [-0.2, 0) is 5.41 Å². The van der Waals surface area contributed by atoms with Gasteiger partial charge < -0.3 is 20.9 Å². The summed E-state index contributed by atoms with van der Waals surface area (Å²) in [6, 6.07) is 32.9. The van der Waals surface area contributed by atoms with E-state index in [1.165, 1.54) is 114 Å². The van der Waals surface area contributed by atoms with E-state index >= 15 is 0 Å². The van der Waals surface area contributed by atoms with Crippen LogP contribution in [0.3, 0.4) is 0 Å². The molecule has 2 aliphatic carbocycles. The summed E-state index contributed by atoms with van der Waals surface area (Å²) >= 11 is 0. The van der Waals surface area contributed by atoms with Crippen LogP contribution in [0, 0.1) is 17.8 Å². The molecule has 4 nitrogen and oxygen atoms in total. The summed E-state index contributed by atoms with van der Waals surface area (Å²) in [6.07, 6.45) is 22.1. The molecule has 2 fully saturated rings. The molecule has 2 aliphatic rings. The largest absolute Gasteiger partial charge is 0.457 e. The molecule has 6 rings (SSSR count). The Morgan fingerprint density at radius 3 is 1.49 bits per heavy atom. The van der Waals surface area contributed by atoms with Crippen LogP contribution in [0.5, 0.6) is 23.0 Å². The predicted octanol–water partition coefficient (Wildman–Crippen LogP) is 12.9. The van der Waals surface area contributed by atoms with Crippen molar-refractivity contribution in [1.29, 1.82) is 0 Å². The Hall–Kier alpha value is -3.92. The van der Waals surface area contributed by atoms with E-state index in [2.05, 4.69) is 55.5 Å². The van der Waals surface area contributed by atoms with Gasteiger partial charge in [0.15, 0.2) is 0 Å². The predicted molar refractivity (Wildman–Crippen MR) is 206 cm³/mol. The molecule has 49 heavy (non-hydrogen) atoms. The van der Waals surface area contributed by atoms with E-state index in [4.69, 9.17) is 20.9 Å². The van der Waals surface area contributed by atoms with Crippen LogP contribution in [0.25, 0.3) is 0 Å². The van der Waals surface area contributed by atoms with Gasteiger partial charge in [0, 0.05) is 28.9 Å². The summed E-state index contributed by atoms with van der Waals surface area (Å²) in [5.41, 5.74) is 16.1. The first-order valence-corrected chi connectivity index (χ1v) is 19.3. The molecule has 4 aromatic carbocycles. The third-order valence-electron chi connectivity index (χ3n) is 11.7. The fraction of sp³-hybridized carbons (Fsp3) is 0.467. The van der Waals surface area contributed by atoms with Gasteiger partial charge >= 0.3 is 0 Å². The number of ether oxygens (including phenoxy) is 2. The van der Waals surface area contributed by atoms with Crippen molar-refractivity contribution in [2.75, 3.05) is 11.5 Å². The Morgan fingerprint density at radius 1 is 0.531 bits per heavy atom. The lowest BCUT2D eigenvalue weighted by Gasteiger charge is -2.44. The first-order chi connectivity index (χ1) is 24.0. The Morgan fingerprint density at radius 2 is 1.00 bits per heavy atom. The molecule has 0 unspecified atom stereocenters. The van der Waals surface area contributed by atoms with Crippen LogP contribution in [0.4, 0.5) is 11.4 Å². The number of benzene rings is 4. The maximum absolute atomic E-state index is 6.17. The van der Waals surface area contributed by atoms with Crippen molar-refractivity contribution >= 4 is 11.4 Å². The van der Waals surface area contributed by atoms with E-state index in [1.54, 1.807) is 0 Å². The Bertz CT molecular complexity index is 1470. The molecule has 0 saturated heterocycles. The van der Waals surface area contributed by atoms with E-state index in [1.807, 2.05) is 48.5 Å². The van der Waals surface area contributed by atoms with Gasteiger partial charge in [0.1, 0.15) is 23.0 Å². The van der Waals surface area contributed by atoms with E-state index in [0.717, 1.165) is 40.8 Å². The van der Waals surface area contributed by atoms with Gasteiger partial charge in [0.05, 0.1) is 0 Å². The normalized spacial score (nSPS) is 19.4. The highest BCUT2D eigenvalue weighted by atomic mass is 16.5. The monoisotopic (exact) mass is 658 g/mol. The molecule has 2 saturated carbocycles. The number of hydrogen-bond donors (Lipinski definition) is 2. The van der Waals surface area contributed by atoms with Crippen LogP contribution in [0.2, 0.25) is 0 Å². The van der Waals surface area contributed by atoms with Crippen LogP contribution in [0.15, 0.2) is 97.1 Å². The van der Waals surface area contributed by atoms with Gasteiger partial charge in [-0.05, 0) is 116 Å². The average Bonchev–Trinajstić information content (AvgIpc) is 3.12. The van der Waals surface area contributed by atoms with Gasteiger partial charge in [-0.1, -0.05) is 108 Å². The molecule has 0 aliphatic heterocycles. The molecule has 0 heterocycles. The third kappa shape index (κ3) is 9.41. The molecular weight excluding hydrogens is 601 g/mol. The molecule has 0 amide bonds. The minimum absolute atomic E-state index is 0.0315. The number of hydrogen-bond acceptors (Lipinski definition) is 4. The van der Waals surface area contributed by atoms with Crippen molar-refractivity contribution < 1.29 is 9.47 Å². The van der Waals surface area contributed by atoms with Crippen LogP contribution in [-0.4, -0.2) is 0 Å². The molecule has 4 aromatic rings. The standard InChI is InChI=1S/C45H58N2O2/c1-2-3-4-5-6-7-8-11-34-16-18-35(19-17-34)36-28-30-45(31-29-36,37-20-24-41(25-21-37)48-43-14-9-12-39(46)32-43)38-22-26-42(27-23-38)49-44-15-10-13-40(47)33-44/h9-10,12-15,20-27,32-36H,2-8,11,16-19,28-31,46-47H2,1H3. The Balaban J connectivity index is 1.11. The molecule has 4 N–H and O–H groups in total. The van der Waals surface area contributed by atoms with Gasteiger partial charge in [-0.2, -0.15) is 0 Å². The zero-order valence-electron chi connectivity index (χ0n) is 29.8. The van der Waals surface area contributed by atoms with Gasteiger partial charge in [0.2, 0.25) is 0 Å². The lowest BCUT2D eigenvalue weighted by atomic mass is 9.60. The minimum Gasteiger partial charge on any atom is -0.457 e. The SMILES string of the molecule is CCCCCCCCCC1CCC(C2CCC(c3ccc(Oc4cccc(N)c4)cc3)(c3ccc(Oc4cccc(N)c4)cc3)CC2)CC1. The van der Waals surface area contributed by atoms with E-state index in [-0.39, 0.29) is 5.41 Å². The summed E-state index contributed by atoms with van der Waals surface area (Å²) in [6.45, 7) is 2.30. The lowest BCUT2D eigenvalue weighted by molar-refractivity contribution is 0.140. The second-order valence-corrected chi connectivity index (χ2v) is 15.0. The van der Waals surface area contributed by atoms with Gasteiger partial charge in [-0.15, -0.1) is 0 Å². The zero-order valence-corrected chi connectivity index (χ0v) is 29.8. The van der Waals surface area contributed by atoms with Crippen LogP contribution < -0.4 is 20.9 Å². The summed E-state index contributed by atoms with van der Waals surface area (Å²) in [5, 5.41) is 0. The number of nitrogen functional groups attached to an aromatic ring is 2. The highest BCUT2D eigenvalue weighted by Crippen LogP contribution is 2.51. The average molecular weight is 659 g/mol. The van der Waals surface area contributed by atoms with E-state index < -0.39 is 0 Å². The summed E-state index contributed by atoms with van der Waals surface area (Å²) < 4.78 is 12.3. The summed E-state index contributed by atoms with van der Waals surface area (Å²) in [7, 11) is 0. The molecule has 0 radical (unpaired) electrons. The summed E-state index contributed by atoms with van der Waals surface area (Å²) in [4.78, 5) is 0. The van der Waals surface area contributed by atoms with E-state index in [9.17, 15) is 0 Å². The molecule has 0 bridgehead atoms. The highest BCUT2D eigenvalue weighted by molar-refractivity contribution is 5.48. The second-order valence-electron chi connectivity index (χ2n) is 15.0. The number of anilines is 2. The Kier molecular flexibility index (Phi) is 12.2. The van der Waals surface area contributed by atoms with Crippen molar-refractivity contribution in [3.63, 3.8) is 0 Å². The first-order valence-electron chi connectivity index (χ1n) is 19.3. The van der Waals surface area contributed by atoms with Crippen molar-refractivity contribution in [2.24, 2.45) is 17.8 Å². The van der Waals surface area contributed by atoms with Crippen molar-refractivity contribution in [2.45, 2.75) is 115 Å². The van der Waals surface area contributed by atoms with Crippen molar-refractivity contribution in [1.82, 2.24) is 0 Å². The smallest absolute Gasteiger partial charge is 0.129 e. The number of rotatable bonds is 15. The van der Waals surface area contributed by atoms with Gasteiger partial charge in [0.25, 0.3) is 0 Å². The highest BCUT2D eigenvalue weighted by Gasteiger charge is 2.41. The summed E-state index contributed by atoms with van der Waals surface area (Å²) in [5.74, 6) is 5.88. The molecule has 260 valence electrons. The maximum Gasteiger partial charge on any atom is 0.129 e. The van der Waals surface area contributed by atoms with Crippen LogP contribution in [0.1, 0.15) is 121 Å². The molecule has 0 aromatic heterocycles. The number of unbranched alkanes of at least 4 members (excludes halogenated alkanes) is 6. The van der Waals surface area contributed by atoms with Crippen LogP contribution >= 0.6 is 0 Å². The van der Waals surface area contributed by atoms with Crippen molar-refractivity contribution in [3.8, 4) is 23.0 Å². The van der Waals surface area contributed by atoms with Gasteiger partial charge in [-0.3, -0.25) is 0 Å². The second kappa shape index (κ2) is 17.1. The lowest BCUT2D eigenvalue weighted by Crippen LogP contribution is -2.35. The van der Waals surface area contributed by atoms with E-state index in [0.29, 0.717) is 11.4 Å². The molecule has 4 heteroatoms. The quantitative estimate of drug-likeness (QED) is 0.0985. The fourth-order valence-electron chi connectivity index (χ4n) is 8.80. The maximum atomic E-state index is 6.17. The van der Waals surface area contributed by atoms with Gasteiger partial charge in [-0.25, -0.2) is 0 Å². The third-order valence-corrected chi connectivity index (χ3v) is 11.7.